The van der Waals surface area contributed by atoms with E-state index in [1.165, 1.54) is 10.7 Å². The van der Waals surface area contributed by atoms with Crippen LogP contribution in [0.3, 0.4) is 0 Å². The fourth-order valence-corrected chi connectivity index (χ4v) is 1.42. The zero-order chi connectivity index (χ0) is 12.3. The van der Waals surface area contributed by atoms with Crippen molar-refractivity contribution < 1.29 is 17.5 Å². The Balaban J connectivity index is 2.90. The fraction of sp³-hybridized carbons (Fsp3) is 0.571. The summed E-state index contributed by atoms with van der Waals surface area (Å²) in [5, 5.41) is 14.1. The lowest BCUT2D eigenvalue weighted by Gasteiger charge is -2.00. The van der Waals surface area contributed by atoms with Crippen molar-refractivity contribution in [3.63, 3.8) is 0 Å². The maximum atomic E-state index is 10.8. The number of hydrogen-bond donors (Lipinski definition) is 0. The van der Waals surface area contributed by atoms with E-state index in [1.54, 1.807) is 6.92 Å². The van der Waals surface area contributed by atoms with E-state index in [4.69, 9.17) is 0 Å². The highest BCUT2D eigenvalue weighted by Crippen LogP contribution is 2.13. The average Bonchev–Trinajstić information content (AvgIpc) is 2.56. The summed E-state index contributed by atoms with van der Waals surface area (Å²) in [6.45, 7) is 1.88. The molecule has 0 radical (unpaired) electrons. The minimum absolute atomic E-state index is 0.256. The van der Waals surface area contributed by atoms with Gasteiger partial charge in [-0.15, -0.1) is 0 Å². The minimum atomic E-state index is -3.57. The van der Waals surface area contributed by atoms with Crippen molar-refractivity contribution in [2.75, 3.05) is 6.26 Å². The highest BCUT2D eigenvalue weighted by atomic mass is 32.2. The Morgan fingerprint density at radius 1 is 1.62 bits per heavy atom. The zero-order valence-electron chi connectivity index (χ0n) is 8.78. The quantitative estimate of drug-likeness (QED) is 0.422. The van der Waals surface area contributed by atoms with Crippen LogP contribution >= 0.6 is 0 Å². The average molecular weight is 249 g/mol. The van der Waals surface area contributed by atoms with E-state index < -0.39 is 15.0 Å². The van der Waals surface area contributed by atoms with E-state index in [9.17, 15) is 18.5 Å². The SMILES string of the molecule is CCn1nc([N+](=O)[O-])cc1COS(C)(=O)=O. The van der Waals surface area contributed by atoms with Crippen LogP contribution in [0.2, 0.25) is 0 Å². The molecule has 0 unspecified atom stereocenters. The van der Waals surface area contributed by atoms with Gasteiger partial charge in [0.25, 0.3) is 10.1 Å². The monoisotopic (exact) mass is 249 g/mol. The third-order valence-corrected chi connectivity index (χ3v) is 2.30. The second-order valence-corrected chi connectivity index (χ2v) is 4.68. The molecule has 9 heteroatoms. The van der Waals surface area contributed by atoms with Crippen molar-refractivity contribution >= 4 is 15.9 Å². The molecule has 0 fully saturated rings. The minimum Gasteiger partial charge on any atom is -0.358 e. The highest BCUT2D eigenvalue weighted by Gasteiger charge is 2.18. The maximum absolute atomic E-state index is 10.8. The van der Waals surface area contributed by atoms with Gasteiger partial charge in [-0.05, 0) is 11.8 Å². The highest BCUT2D eigenvalue weighted by molar-refractivity contribution is 7.85. The second-order valence-electron chi connectivity index (χ2n) is 3.03. The largest absolute Gasteiger partial charge is 0.390 e. The topological polar surface area (TPSA) is 104 Å². The van der Waals surface area contributed by atoms with Gasteiger partial charge in [0.05, 0.1) is 29.7 Å². The first-order valence-corrected chi connectivity index (χ1v) is 6.20. The first kappa shape index (κ1) is 12.6. The van der Waals surface area contributed by atoms with E-state index in [0.717, 1.165) is 6.26 Å². The molecule has 0 amide bonds. The number of hydrogen-bond acceptors (Lipinski definition) is 6. The first-order chi connectivity index (χ1) is 7.33. The van der Waals surface area contributed by atoms with Gasteiger partial charge >= 0.3 is 5.82 Å². The van der Waals surface area contributed by atoms with Crippen molar-refractivity contribution in [3.05, 3.63) is 21.9 Å². The van der Waals surface area contributed by atoms with Crippen molar-refractivity contribution in [3.8, 4) is 0 Å². The molecule has 0 aliphatic rings. The number of aryl methyl sites for hydroxylation is 1. The van der Waals surface area contributed by atoms with Crippen LogP contribution in [0.15, 0.2) is 6.07 Å². The van der Waals surface area contributed by atoms with Gasteiger partial charge in [-0.3, -0.25) is 4.18 Å². The Morgan fingerprint density at radius 3 is 2.69 bits per heavy atom. The Labute approximate surface area is 92.1 Å². The van der Waals surface area contributed by atoms with Gasteiger partial charge in [0.2, 0.25) is 0 Å². The van der Waals surface area contributed by atoms with Crippen LogP contribution in [-0.4, -0.2) is 29.4 Å². The molecule has 0 aliphatic heterocycles. The molecular formula is C7H11N3O5S. The summed E-state index contributed by atoms with van der Waals surface area (Å²) >= 11 is 0. The summed E-state index contributed by atoms with van der Waals surface area (Å²) in [5.74, 6) is -0.325. The predicted molar refractivity (Wildman–Crippen MR) is 54.2 cm³/mol. The predicted octanol–water partition coefficient (Wildman–Crippen LogP) is 0.287. The van der Waals surface area contributed by atoms with Crippen molar-refractivity contribution in [2.45, 2.75) is 20.1 Å². The molecule has 0 atom stereocenters. The summed E-state index contributed by atoms with van der Waals surface area (Å²) in [4.78, 5) is 9.81. The molecule has 90 valence electrons. The third kappa shape index (κ3) is 3.28. The maximum Gasteiger partial charge on any atom is 0.390 e. The van der Waals surface area contributed by atoms with Crippen LogP contribution in [0.1, 0.15) is 12.6 Å². The molecule has 1 rings (SSSR count). The Hall–Kier alpha value is -1.48. The van der Waals surface area contributed by atoms with Gasteiger partial charge in [-0.25, -0.2) is 0 Å². The molecule has 16 heavy (non-hydrogen) atoms. The number of rotatable bonds is 5. The molecule has 0 spiro atoms. The van der Waals surface area contributed by atoms with Gasteiger partial charge in [-0.1, -0.05) is 0 Å². The summed E-state index contributed by atoms with van der Waals surface area (Å²) in [5.41, 5.74) is 0.347. The van der Waals surface area contributed by atoms with E-state index >= 15 is 0 Å². The lowest BCUT2D eigenvalue weighted by Crippen LogP contribution is -2.08. The van der Waals surface area contributed by atoms with Gasteiger partial charge in [-0.2, -0.15) is 13.1 Å². The normalized spacial score (nSPS) is 11.6. The van der Waals surface area contributed by atoms with Crippen LogP contribution in [-0.2, 0) is 27.5 Å². The lowest BCUT2D eigenvalue weighted by molar-refractivity contribution is -0.389. The summed E-state index contributed by atoms with van der Waals surface area (Å²) in [6.07, 6.45) is 0.911. The number of nitro groups is 1. The number of nitrogens with zero attached hydrogens (tertiary/aromatic N) is 3. The van der Waals surface area contributed by atoms with E-state index in [2.05, 4.69) is 9.28 Å². The second kappa shape index (κ2) is 4.58. The van der Waals surface area contributed by atoms with Gasteiger partial charge in [0, 0.05) is 0 Å². The van der Waals surface area contributed by atoms with E-state index in [-0.39, 0.29) is 12.4 Å². The summed E-state index contributed by atoms with van der Waals surface area (Å²) in [7, 11) is -3.57. The summed E-state index contributed by atoms with van der Waals surface area (Å²) < 4.78 is 27.4. The zero-order valence-corrected chi connectivity index (χ0v) is 9.60. The van der Waals surface area contributed by atoms with Crippen LogP contribution in [0.4, 0.5) is 5.82 Å². The fourth-order valence-electron chi connectivity index (χ4n) is 1.09. The Kier molecular flexibility index (Phi) is 3.60. The third-order valence-electron chi connectivity index (χ3n) is 1.76. The van der Waals surface area contributed by atoms with Crippen molar-refractivity contribution in [1.29, 1.82) is 0 Å². The van der Waals surface area contributed by atoms with E-state index in [0.29, 0.717) is 12.2 Å². The van der Waals surface area contributed by atoms with Gasteiger partial charge in [0.1, 0.15) is 6.61 Å². The summed E-state index contributed by atoms with van der Waals surface area (Å²) in [6, 6.07) is 1.19. The molecule has 8 nitrogen and oxygen atoms in total. The molecule has 1 aromatic heterocycles. The van der Waals surface area contributed by atoms with Crippen LogP contribution in [0, 0.1) is 10.1 Å². The van der Waals surface area contributed by atoms with Crippen molar-refractivity contribution in [1.82, 2.24) is 9.78 Å². The van der Waals surface area contributed by atoms with Crippen LogP contribution in [0.25, 0.3) is 0 Å². The van der Waals surface area contributed by atoms with E-state index in [1.807, 2.05) is 0 Å². The number of aromatic nitrogens is 2. The van der Waals surface area contributed by atoms with Crippen molar-refractivity contribution in [2.24, 2.45) is 0 Å². The molecule has 1 heterocycles. The lowest BCUT2D eigenvalue weighted by atomic mass is 10.4. The molecule has 1 aromatic rings. The standard InChI is InChI=1S/C7H11N3O5S/c1-3-9-6(5-15-16(2,13)14)4-7(8-9)10(11)12/h4H,3,5H2,1-2H3. The smallest absolute Gasteiger partial charge is 0.358 e. The van der Waals surface area contributed by atoms with Crippen LogP contribution in [0.5, 0.6) is 0 Å². The molecule has 0 aromatic carbocycles. The molecule has 0 saturated carbocycles. The van der Waals surface area contributed by atoms with Crippen LogP contribution < -0.4 is 0 Å². The molecular weight excluding hydrogens is 238 g/mol. The van der Waals surface area contributed by atoms with Gasteiger partial charge in [0.15, 0.2) is 0 Å². The molecule has 0 saturated heterocycles. The Bertz CT molecular complexity index is 492. The molecule has 0 aliphatic carbocycles. The van der Waals surface area contributed by atoms with Gasteiger partial charge < -0.3 is 10.1 Å². The first-order valence-electron chi connectivity index (χ1n) is 4.39. The molecule has 0 N–H and O–H groups in total. The Morgan fingerprint density at radius 2 is 2.25 bits per heavy atom. The molecule has 0 bridgehead atoms.